The number of hydrogen-bond donors (Lipinski definition) is 1. The van der Waals surface area contributed by atoms with Crippen LogP contribution >= 0.6 is 11.6 Å². The first kappa shape index (κ1) is 12.7. The van der Waals surface area contributed by atoms with Crippen LogP contribution in [0.5, 0.6) is 5.75 Å². The molecule has 0 saturated carbocycles. The van der Waals surface area contributed by atoms with Crippen LogP contribution < -0.4 is 4.74 Å². The summed E-state index contributed by atoms with van der Waals surface area (Å²) in [5.74, 6) is 0.680. The van der Waals surface area contributed by atoms with Crippen LogP contribution in [0.2, 0.25) is 5.02 Å². The average Bonchev–Trinajstić information content (AvgIpc) is 2.80. The molecule has 17 heavy (non-hydrogen) atoms. The van der Waals surface area contributed by atoms with Crippen LogP contribution in [0.4, 0.5) is 0 Å². The minimum atomic E-state index is -0.590. The van der Waals surface area contributed by atoms with Crippen molar-refractivity contribution < 1.29 is 14.6 Å². The minimum Gasteiger partial charge on any atom is -0.490 e. The maximum absolute atomic E-state index is 9.65. The Bertz CT molecular complexity index is 373. The van der Waals surface area contributed by atoms with Gasteiger partial charge in [-0.25, -0.2) is 0 Å². The highest BCUT2D eigenvalue weighted by Crippen LogP contribution is 2.28. The molecule has 94 valence electrons. The van der Waals surface area contributed by atoms with Crippen LogP contribution in [0, 0.1) is 0 Å². The van der Waals surface area contributed by atoms with Gasteiger partial charge in [0.05, 0.1) is 12.2 Å². The van der Waals surface area contributed by atoms with E-state index in [1.807, 2.05) is 0 Å². The van der Waals surface area contributed by atoms with Crippen molar-refractivity contribution in [2.75, 3.05) is 13.2 Å². The summed E-state index contributed by atoms with van der Waals surface area (Å²) in [5.41, 5.74) is 0.718. The van der Waals surface area contributed by atoms with E-state index in [1.54, 1.807) is 25.1 Å². The van der Waals surface area contributed by atoms with E-state index in [1.165, 1.54) is 0 Å². The number of halogens is 1. The lowest BCUT2D eigenvalue weighted by molar-refractivity contribution is 0.0664. The van der Waals surface area contributed by atoms with Crippen molar-refractivity contribution in [3.8, 4) is 5.75 Å². The molecule has 1 aromatic carbocycles. The number of hydrogen-bond acceptors (Lipinski definition) is 3. The van der Waals surface area contributed by atoms with Gasteiger partial charge in [0, 0.05) is 17.2 Å². The molecule has 0 aliphatic carbocycles. The Kier molecular flexibility index (Phi) is 4.26. The molecule has 0 radical (unpaired) electrons. The first-order valence-corrected chi connectivity index (χ1v) is 6.26. The van der Waals surface area contributed by atoms with Gasteiger partial charge in [0.1, 0.15) is 12.4 Å². The summed E-state index contributed by atoms with van der Waals surface area (Å²) in [4.78, 5) is 0. The second kappa shape index (κ2) is 5.71. The van der Waals surface area contributed by atoms with E-state index in [-0.39, 0.29) is 6.10 Å². The number of aliphatic hydroxyl groups is 1. The minimum absolute atomic E-state index is 0.174. The summed E-state index contributed by atoms with van der Waals surface area (Å²) in [6.45, 7) is 3.05. The van der Waals surface area contributed by atoms with Gasteiger partial charge in [0.25, 0.3) is 0 Å². The van der Waals surface area contributed by atoms with Gasteiger partial charge in [-0.2, -0.15) is 0 Å². The molecule has 1 aromatic rings. The molecule has 1 aliphatic rings. The normalized spacial score (nSPS) is 21.5. The summed E-state index contributed by atoms with van der Waals surface area (Å²) in [6, 6.07) is 5.29. The molecule has 1 saturated heterocycles. The van der Waals surface area contributed by atoms with Crippen molar-refractivity contribution >= 4 is 11.6 Å². The molecule has 0 spiro atoms. The van der Waals surface area contributed by atoms with Crippen molar-refractivity contribution in [3.63, 3.8) is 0 Å². The van der Waals surface area contributed by atoms with E-state index in [4.69, 9.17) is 21.1 Å². The average molecular weight is 257 g/mol. The van der Waals surface area contributed by atoms with Gasteiger partial charge in [-0.05, 0) is 38.0 Å². The number of rotatable bonds is 4. The van der Waals surface area contributed by atoms with E-state index >= 15 is 0 Å². The summed E-state index contributed by atoms with van der Waals surface area (Å²) >= 11 is 5.90. The second-order valence-electron chi connectivity index (χ2n) is 4.30. The lowest BCUT2D eigenvalue weighted by Crippen LogP contribution is -2.17. The predicted molar refractivity (Wildman–Crippen MR) is 66.6 cm³/mol. The summed E-state index contributed by atoms with van der Waals surface area (Å²) in [5, 5.41) is 10.3. The highest BCUT2D eigenvalue weighted by molar-refractivity contribution is 6.30. The van der Waals surface area contributed by atoms with Crippen LogP contribution in [0.15, 0.2) is 18.2 Å². The Hall–Kier alpha value is -0.770. The van der Waals surface area contributed by atoms with Crippen molar-refractivity contribution in [3.05, 3.63) is 28.8 Å². The van der Waals surface area contributed by atoms with Crippen LogP contribution in [-0.2, 0) is 4.74 Å². The van der Waals surface area contributed by atoms with Crippen LogP contribution in [0.3, 0.4) is 0 Å². The number of aliphatic hydroxyl groups excluding tert-OH is 1. The Balaban J connectivity index is 2.03. The largest absolute Gasteiger partial charge is 0.490 e. The fourth-order valence-corrected chi connectivity index (χ4v) is 2.12. The fourth-order valence-electron chi connectivity index (χ4n) is 1.94. The quantitative estimate of drug-likeness (QED) is 0.900. The van der Waals surface area contributed by atoms with Crippen molar-refractivity contribution in [2.45, 2.75) is 32.0 Å². The molecule has 2 rings (SSSR count). The van der Waals surface area contributed by atoms with Crippen LogP contribution in [0.25, 0.3) is 0 Å². The molecule has 0 bridgehead atoms. The molecule has 4 heteroatoms. The lowest BCUT2D eigenvalue weighted by Gasteiger charge is -2.16. The maximum atomic E-state index is 9.65. The summed E-state index contributed by atoms with van der Waals surface area (Å²) in [6.07, 6.45) is 1.72. The predicted octanol–water partition coefficient (Wildman–Crippen LogP) is 2.95. The molecule has 2 atom stereocenters. The zero-order valence-corrected chi connectivity index (χ0v) is 10.6. The zero-order valence-electron chi connectivity index (χ0n) is 9.86. The molecule has 1 aliphatic heterocycles. The van der Waals surface area contributed by atoms with Gasteiger partial charge in [0.15, 0.2) is 0 Å². The van der Waals surface area contributed by atoms with Crippen LogP contribution in [-0.4, -0.2) is 24.4 Å². The maximum Gasteiger partial charge on any atom is 0.125 e. The van der Waals surface area contributed by atoms with E-state index in [9.17, 15) is 5.11 Å². The molecule has 0 amide bonds. The Morgan fingerprint density at radius 1 is 1.59 bits per heavy atom. The van der Waals surface area contributed by atoms with E-state index in [0.717, 1.165) is 25.0 Å². The van der Waals surface area contributed by atoms with E-state index in [0.29, 0.717) is 17.4 Å². The summed E-state index contributed by atoms with van der Waals surface area (Å²) < 4.78 is 11.2. The number of benzene rings is 1. The topological polar surface area (TPSA) is 38.7 Å². The van der Waals surface area contributed by atoms with Gasteiger partial charge in [-0.15, -0.1) is 0 Å². The number of ether oxygens (including phenoxy) is 2. The van der Waals surface area contributed by atoms with Crippen molar-refractivity contribution in [2.24, 2.45) is 0 Å². The monoisotopic (exact) mass is 256 g/mol. The molecular weight excluding hydrogens is 240 g/mol. The Morgan fingerprint density at radius 2 is 2.41 bits per heavy atom. The summed E-state index contributed by atoms with van der Waals surface area (Å²) in [7, 11) is 0. The van der Waals surface area contributed by atoms with Crippen molar-refractivity contribution in [1.29, 1.82) is 0 Å². The zero-order chi connectivity index (χ0) is 12.3. The lowest BCUT2D eigenvalue weighted by atomic mass is 10.1. The smallest absolute Gasteiger partial charge is 0.125 e. The molecule has 1 N–H and O–H groups in total. The van der Waals surface area contributed by atoms with Gasteiger partial charge in [-0.3, -0.25) is 0 Å². The van der Waals surface area contributed by atoms with Crippen molar-refractivity contribution in [1.82, 2.24) is 0 Å². The standard InChI is InChI=1S/C13H17ClO3/c1-9(15)12-7-10(14)4-5-13(12)17-8-11-3-2-6-16-11/h4-5,7,9,11,15H,2-3,6,8H2,1H3/t9-,11?/m0/s1. The first-order chi connectivity index (χ1) is 8.16. The molecule has 0 aromatic heterocycles. The van der Waals surface area contributed by atoms with Crippen LogP contribution in [0.1, 0.15) is 31.4 Å². The molecule has 1 heterocycles. The second-order valence-corrected chi connectivity index (χ2v) is 4.74. The highest BCUT2D eigenvalue weighted by Gasteiger charge is 2.17. The molecule has 1 unspecified atom stereocenters. The van der Waals surface area contributed by atoms with Gasteiger partial charge < -0.3 is 14.6 Å². The molecular formula is C13H17ClO3. The Labute approximate surface area is 106 Å². The third-order valence-electron chi connectivity index (χ3n) is 2.87. The van der Waals surface area contributed by atoms with E-state index in [2.05, 4.69) is 0 Å². The third kappa shape index (κ3) is 3.35. The molecule has 3 nitrogen and oxygen atoms in total. The van der Waals surface area contributed by atoms with Gasteiger partial charge in [0.2, 0.25) is 0 Å². The highest BCUT2D eigenvalue weighted by atomic mass is 35.5. The van der Waals surface area contributed by atoms with Gasteiger partial charge >= 0.3 is 0 Å². The van der Waals surface area contributed by atoms with Gasteiger partial charge in [-0.1, -0.05) is 11.6 Å². The SMILES string of the molecule is C[C@H](O)c1cc(Cl)ccc1OCC1CCCO1. The third-order valence-corrected chi connectivity index (χ3v) is 3.11. The Morgan fingerprint density at radius 3 is 3.06 bits per heavy atom. The fraction of sp³-hybridized carbons (Fsp3) is 0.538. The van der Waals surface area contributed by atoms with E-state index < -0.39 is 6.10 Å². The first-order valence-electron chi connectivity index (χ1n) is 5.88. The molecule has 1 fully saturated rings.